The van der Waals surface area contributed by atoms with Gasteiger partial charge >= 0.3 is 5.97 Å². The zero-order valence-electron chi connectivity index (χ0n) is 7.97. The summed E-state index contributed by atoms with van der Waals surface area (Å²) in [5, 5.41) is 8.92. The van der Waals surface area contributed by atoms with Gasteiger partial charge < -0.3 is 20.3 Å². The third-order valence-electron chi connectivity index (χ3n) is 2.33. The van der Waals surface area contributed by atoms with E-state index in [1.807, 2.05) is 0 Å². The van der Waals surface area contributed by atoms with Gasteiger partial charge in [0.1, 0.15) is 0 Å². The van der Waals surface area contributed by atoms with E-state index in [2.05, 4.69) is 0 Å². The van der Waals surface area contributed by atoms with Crippen molar-refractivity contribution in [3.05, 3.63) is 23.8 Å². The maximum absolute atomic E-state index is 10.9. The number of hydrogen-bond acceptors (Lipinski definition) is 4. The molecular formula is C10H11NO4. The molecule has 0 spiro atoms. The monoisotopic (exact) mass is 209 g/mol. The smallest absolute Gasteiger partial charge is 0.312 e. The molecule has 1 unspecified atom stereocenters. The van der Waals surface area contributed by atoms with Crippen molar-refractivity contribution < 1.29 is 19.4 Å². The minimum Gasteiger partial charge on any atom is -0.481 e. The van der Waals surface area contributed by atoms with E-state index in [9.17, 15) is 4.79 Å². The number of aliphatic carboxylic acids is 1. The van der Waals surface area contributed by atoms with E-state index in [4.69, 9.17) is 20.3 Å². The molecule has 5 heteroatoms. The van der Waals surface area contributed by atoms with Gasteiger partial charge in [0.15, 0.2) is 11.5 Å². The van der Waals surface area contributed by atoms with Crippen molar-refractivity contribution in [2.75, 3.05) is 13.3 Å². The first-order valence-corrected chi connectivity index (χ1v) is 4.55. The van der Waals surface area contributed by atoms with Gasteiger partial charge in [0, 0.05) is 6.54 Å². The summed E-state index contributed by atoms with van der Waals surface area (Å²) in [5.41, 5.74) is 6.03. The average molecular weight is 209 g/mol. The van der Waals surface area contributed by atoms with Crippen LogP contribution in [0.2, 0.25) is 0 Å². The van der Waals surface area contributed by atoms with E-state index in [-0.39, 0.29) is 13.3 Å². The van der Waals surface area contributed by atoms with E-state index >= 15 is 0 Å². The van der Waals surface area contributed by atoms with Crippen LogP contribution in [0.1, 0.15) is 11.5 Å². The third-order valence-corrected chi connectivity index (χ3v) is 2.33. The van der Waals surface area contributed by atoms with Gasteiger partial charge in [-0.05, 0) is 17.7 Å². The lowest BCUT2D eigenvalue weighted by Crippen LogP contribution is -2.20. The molecule has 0 fully saturated rings. The van der Waals surface area contributed by atoms with Crippen LogP contribution in [0.3, 0.4) is 0 Å². The summed E-state index contributed by atoms with van der Waals surface area (Å²) >= 11 is 0. The molecule has 3 N–H and O–H groups in total. The van der Waals surface area contributed by atoms with E-state index in [0.717, 1.165) is 0 Å². The van der Waals surface area contributed by atoms with Crippen LogP contribution in [0, 0.1) is 0 Å². The number of ether oxygens (including phenoxy) is 2. The van der Waals surface area contributed by atoms with Gasteiger partial charge in [-0.15, -0.1) is 0 Å². The molecule has 1 aliphatic heterocycles. The van der Waals surface area contributed by atoms with Crippen LogP contribution >= 0.6 is 0 Å². The van der Waals surface area contributed by atoms with Gasteiger partial charge in [-0.1, -0.05) is 6.07 Å². The van der Waals surface area contributed by atoms with Crippen molar-refractivity contribution in [1.29, 1.82) is 0 Å². The Bertz CT molecular complexity index is 391. The lowest BCUT2D eigenvalue weighted by Gasteiger charge is -2.10. The number of benzene rings is 1. The fraction of sp³-hybridized carbons (Fsp3) is 0.300. The van der Waals surface area contributed by atoms with Gasteiger partial charge in [-0.3, -0.25) is 4.79 Å². The molecule has 1 atom stereocenters. The molecule has 1 aliphatic rings. The number of rotatable bonds is 3. The minimum atomic E-state index is -0.934. The highest BCUT2D eigenvalue weighted by Crippen LogP contribution is 2.34. The number of carboxylic acids is 1. The Kier molecular flexibility index (Phi) is 2.47. The molecule has 15 heavy (non-hydrogen) atoms. The van der Waals surface area contributed by atoms with Crippen molar-refractivity contribution in [2.45, 2.75) is 5.92 Å². The Morgan fingerprint density at radius 3 is 2.87 bits per heavy atom. The molecule has 0 amide bonds. The molecule has 0 aliphatic carbocycles. The minimum absolute atomic E-state index is 0.0645. The lowest BCUT2D eigenvalue weighted by atomic mass is 9.99. The molecule has 0 aromatic heterocycles. The third kappa shape index (κ3) is 1.73. The summed E-state index contributed by atoms with van der Waals surface area (Å²) < 4.78 is 10.3. The van der Waals surface area contributed by atoms with Gasteiger partial charge in [0.2, 0.25) is 6.79 Å². The summed E-state index contributed by atoms with van der Waals surface area (Å²) in [6, 6.07) is 5.05. The van der Waals surface area contributed by atoms with Crippen LogP contribution in [0.15, 0.2) is 18.2 Å². The SMILES string of the molecule is NCC(C(=O)O)c1ccc2c(c1)OCO2. The Morgan fingerprint density at radius 2 is 2.20 bits per heavy atom. The second kappa shape index (κ2) is 3.78. The second-order valence-corrected chi connectivity index (χ2v) is 3.24. The van der Waals surface area contributed by atoms with Crippen LogP contribution in [0.25, 0.3) is 0 Å². The predicted molar refractivity (Wildman–Crippen MR) is 52.0 cm³/mol. The Balaban J connectivity index is 2.32. The Labute approximate surface area is 86.4 Å². The maximum Gasteiger partial charge on any atom is 0.312 e. The Morgan fingerprint density at radius 1 is 1.47 bits per heavy atom. The van der Waals surface area contributed by atoms with Crippen LogP contribution in [-0.2, 0) is 4.79 Å². The topological polar surface area (TPSA) is 81.8 Å². The highest BCUT2D eigenvalue weighted by molar-refractivity contribution is 5.76. The molecule has 0 radical (unpaired) electrons. The lowest BCUT2D eigenvalue weighted by molar-refractivity contribution is -0.138. The molecule has 1 heterocycles. The number of nitrogens with two attached hydrogens (primary N) is 1. The van der Waals surface area contributed by atoms with E-state index in [1.54, 1.807) is 18.2 Å². The van der Waals surface area contributed by atoms with Crippen LogP contribution in [0.5, 0.6) is 11.5 Å². The zero-order valence-corrected chi connectivity index (χ0v) is 7.97. The summed E-state index contributed by atoms with van der Waals surface area (Å²) in [4.78, 5) is 10.9. The van der Waals surface area contributed by atoms with E-state index in [1.165, 1.54) is 0 Å². The molecule has 0 saturated heterocycles. The number of carboxylic acid groups (broad SMARTS) is 1. The molecular weight excluding hydrogens is 198 g/mol. The van der Waals surface area contributed by atoms with Crippen molar-refractivity contribution in [2.24, 2.45) is 5.73 Å². The standard InChI is InChI=1S/C10H11NO4/c11-4-7(10(12)13)6-1-2-8-9(3-6)15-5-14-8/h1-3,7H,4-5,11H2,(H,12,13). The highest BCUT2D eigenvalue weighted by atomic mass is 16.7. The van der Waals surface area contributed by atoms with Gasteiger partial charge in [-0.25, -0.2) is 0 Å². The molecule has 1 aromatic carbocycles. The van der Waals surface area contributed by atoms with Crippen molar-refractivity contribution in [3.63, 3.8) is 0 Å². The maximum atomic E-state index is 10.9. The predicted octanol–water partition coefficient (Wildman–Crippen LogP) is 0.542. The first-order chi connectivity index (χ1) is 7.22. The molecule has 80 valence electrons. The van der Waals surface area contributed by atoms with Crippen molar-refractivity contribution in [1.82, 2.24) is 0 Å². The van der Waals surface area contributed by atoms with Crippen molar-refractivity contribution >= 4 is 5.97 Å². The molecule has 0 saturated carbocycles. The van der Waals surface area contributed by atoms with E-state index in [0.29, 0.717) is 17.1 Å². The quantitative estimate of drug-likeness (QED) is 0.759. The largest absolute Gasteiger partial charge is 0.481 e. The summed E-state index contributed by atoms with van der Waals surface area (Å²) in [6.07, 6.45) is 0. The van der Waals surface area contributed by atoms with Gasteiger partial charge in [0.05, 0.1) is 5.92 Å². The fourth-order valence-electron chi connectivity index (χ4n) is 1.51. The Hall–Kier alpha value is -1.75. The first kappa shape index (κ1) is 9.79. The zero-order chi connectivity index (χ0) is 10.8. The highest BCUT2D eigenvalue weighted by Gasteiger charge is 2.21. The molecule has 1 aromatic rings. The van der Waals surface area contributed by atoms with Gasteiger partial charge in [-0.2, -0.15) is 0 Å². The molecule has 2 rings (SSSR count). The van der Waals surface area contributed by atoms with Crippen LogP contribution < -0.4 is 15.2 Å². The first-order valence-electron chi connectivity index (χ1n) is 4.55. The number of hydrogen-bond donors (Lipinski definition) is 2. The average Bonchev–Trinajstić information content (AvgIpc) is 2.65. The summed E-state index contributed by atoms with van der Waals surface area (Å²) in [6.45, 7) is 0.244. The second-order valence-electron chi connectivity index (χ2n) is 3.24. The fourth-order valence-corrected chi connectivity index (χ4v) is 1.51. The normalized spacial score (nSPS) is 15.0. The van der Waals surface area contributed by atoms with Crippen LogP contribution in [-0.4, -0.2) is 24.4 Å². The summed E-state index contributed by atoms with van der Waals surface area (Å²) in [5.74, 6) is -0.414. The summed E-state index contributed by atoms with van der Waals surface area (Å²) in [7, 11) is 0. The molecule has 0 bridgehead atoms. The van der Waals surface area contributed by atoms with Crippen LogP contribution in [0.4, 0.5) is 0 Å². The van der Waals surface area contributed by atoms with E-state index < -0.39 is 11.9 Å². The molecule has 5 nitrogen and oxygen atoms in total. The number of fused-ring (bicyclic) bond motifs is 1. The van der Waals surface area contributed by atoms with Gasteiger partial charge in [0.25, 0.3) is 0 Å². The van der Waals surface area contributed by atoms with Crippen molar-refractivity contribution in [3.8, 4) is 11.5 Å². The number of carbonyl (C=O) groups is 1.